The zero-order valence-corrected chi connectivity index (χ0v) is 11.8. The number of carbonyl (C=O) groups is 1. The van der Waals surface area contributed by atoms with Crippen LogP contribution >= 0.6 is 0 Å². The highest BCUT2D eigenvalue weighted by Gasteiger charge is 2.41. The summed E-state index contributed by atoms with van der Waals surface area (Å²) in [5.41, 5.74) is 0.579. The third-order valence-corrected chi connectivity index (χ3v) is 4.29. The van der Waals surface area contributed by atoms with Gasteiger partial charge in [-0.2, -0.15) is 0 Å². The number of hydrogen-bond donors (Lipinski definition) is 2. The highest BCUT2D eigenvalue weighted by molar-refractivity contribution is 5.97. The number of carboxylic acid groups (broad SMARTS) is 1. The number of aliphatic carboxylic acids is 1. The average molecular weight is 290 g/mol. The predicted molar refractivity (Wildman–Crippen MR) is 76.6 cm³/mol. The maximum absolute atomic E-state index is 11.2. The van der Waals surface area contributed by atoms with Crippen molar-refractivity contribution in [3.63, 3.8) is 0 Å². The number of para-hydroxylation sites is 1. The highest BCUT2D eigenvalue weighted by Crippen LogP contribution is 2.30. The number of aromatic hydroxyl groups is 1. The molecule has 0 unspecified atom stereocenters. The van der Waals surface area contributed by atoms with Gasteiger partial charge >= 0.3 is 5.97 Å². The Morgan fingerprint density at radius 3 is 2.81 bits per heavy atom. The van der Waals surface area contributed by atoms with Gasteiger partial charge in [0.15, 0.2) is 0 Å². The summed E-state index contributed by atoms with van der Waals surface area (Å²) < 4.78 is 5.60. The lowest BCUT2D eigenvalue weighted by Gasteiger charge is -2.25. The van der Waals surface area contributed by atoms with Crippen LogP contribution in [0.5, 0.6) is 5.75 Å². The summed E-state index contributed by atoms with van der Waals surface area (Å²) in [6.07, 6.45) is 1.42. The minimum Gasteiger partial charge on any atom is -0.507 e. The van der Waals surface area contributed by atoms with Crippen LogP contribution in [0.3, 0.4) is 0 Å². The Labute approximate surface area is 122 Å². The number of benzene rings is 1. The Morgan fingerprint density at radius 1 is 1.38 bits per heavy atom. The standard InChI is InChI=1S/C15H18N2O4/c1-17-11(6-7-12(17)15(19)20)10-8-21-14(16-10)9-4-2-3-5-13(9)18/h2-5,10-12,18H,6-8H2,1H3,(H,19,20)/t10-,11+,12+/m1/s1. The molecule has 1 aromatic carbocycles. The minimum absolute atomic E-state index is 0.0643. The van der Waals surface area contributed by atoms with E-state index in [4.69, 9.17) is 9.84 Å². The van der Waals surface area contributed by atoms with Crippen LogP contribution in [-0.4, -0.2) is 58.8 Å². The summed E-state index contributed by atoms with van der Waals surface area (Å²) in [7, 11) is 1.82. The number of aliphatic imine (C=N–C) groups is 1. The Bertz CT molecular complexity index is 587. The average Bonchev–Trinajstić information content (AvgIpc) is 3.05. The lowest BCUT2D eigenvalue weighted by Crippen LogP contribution is -2.43. The Kier molecular flexibility index (Phi) is 3.55. The molecular formula is C15H18N2O4. The van der Waals surface area contributed by atoms with Gasteiger partial charge in [-0.25, -0.2) is 4.99 Å². The van der Waals surface area contributed by atoms with Crippen LogP contribution in [0.1, 0.15) is 18.4 Å². The maximum Gasteiger partial charge on any atom is 0.320 e. The molecule has 2 N–H and O–H groups in total. The van der Waals surface area contributed by atoms with Gasteiger partial charge in [0.2, 0.25) is 5.90 Å². The minimum atomic E-state index is -0.788. The number of nitrogens with zero attached hydrogens (tertiary/aromatic N) is 2. The zero-order valence-electron chi connectivity index (χ0n) is 11.8. The molecule has 112 valence electrons. The molecule has 0 aromatic heterocycles. The van der Waals surface area contributed by atoms with Crippen LogP contribution in [0.15, 0.2) is 29.3 Å². The van der Waals surface area contributed by atoms with Crippen molar-refractivity contribution in [2.75, 3.05) is 13.7 Å². The van der Waals surface area contributed by atoms with Crippen LogP contribution in [-0.2, 0) is 9.53 Å². The number of hydrogen-bond acceptors (Lipinski definition) is 5. The van der Waals surface area contributed by atoms with E-state index in [0.29, 0.717) is 24.5 Å². The fraction of sp³-hybridized carbons (Fsp3) is 0.467. The van der Waals surface area contributed by atoms with E-state index >= 15 is 0 Å². The van der Waals surface area contributed by atoms with Crippen molar-refractivity contribution in [3.05, 3.63) is 29.8 Å². The molecule has 3 atom stereocenters. The quantitative estimate of drug-likeness (QED) is 0.870. The van der Waals surface area contributed by atoms with Gasteiger partial charge in [0.25, 0.3) is 0 Å². The normalized spacial score (nSPS) is 29.2. The molecule has 1 saturated heterocycles. The lowest BCUT2D eigenvalue weighted by molar-refractivity contribution is -0.142. The lowest BCUT2D eigenvalue weighted by atomic mass is 10.1. The summed E-state index contributed by atoms with van der Waals surface area (Å²) >= 11 is 0. The first-order chi connectivity index (χ1) is 10.1. The summed E-state index contributed by atoms with van der Waals surface area (Å²) in [6, 6.07) is 6.44. The molecule has 0 amide bonds. The first kappa shape index (κ1) is 13.9. The van der Waals surface area contributed by atoms with Crippen molar-refractivity contribution in [2.24, 2.45) is 4.99 Å². The number of ether oxygens (including phenoxy) is 1. The fourth-order valence-electron chi connectivity index (χ4n) is 3.12. The van der Waals surface area contributed by atoms with Crippen LogP contribution in [0, 0.1) is 0 Å². The van der Waals surface area contributed by atoms with Crippen molar-refractivity contribution in [2.45, 2.75) is 31.0 Å². The van der Waals surface area contributed by atoms with Crippen molar-refractivity contribution in [1.82, 2.24) is 4.90 Å². The molecule has 1 aromatic rings. The first-order valence-corrected chi connectivity index (χ1v) is 7.01. The van der Waals surface area contributed by atoms with Crippen LogP contribution in [0.25, 0.3) is 0 Å². The SMILES string of the molecule is CN1[C@H](C(=O)O)CC[C@H]1[C@H]1COC(c2ccccc2O)=N1. The smallest absolute Gasteiger partial charge is 0.320 e. The molecule has 2 heterocycles. The number of rotatable bonds is 3. The topological polar surface area (TPSA) is 82.4 Å². The Hall–Kier alpha value is -2.08. The van der Waals surface area contributed by atoms with Gasteiger partial charge in [-0.05, 0) is 32.0 Å². The Morgan fingerprint density at radius 2 is 2.14 bits per heavy atom. The second kappa shape index (κ2) is 5.37. The number of carboxylic acids is 1. The largest absolute Gasteiger partial charge is 0.507 e. The van der Waals surface area contributed by atoms with Crippen molar-refractivity contribution in [1.29, 1.82) is 0 Å². The molecule has 0 saturated carbocycles. The van der Waals surface area contributed by atoms with E-state index < -0.39 is 12.0 Å². The fourth-order valence-corrected chi connectivity index (χ4v) is 3.12. The molecule has 0 spiro atoms. The monoisotopic (exact) mass is 290 g/mol. The van der Waals surface area contributed by atoms with Gasteiger partial charge in [-0.15, -0.1) is 0 Å². The van der Waals surface area contributed by atoms with E-state index in [1.807, 2.05) is 18.0 Å². The van der Waals surface area contributed by atoms with E-state index in [2.05, 4.69) is 4.99 Å². The van der Waals surface area contributed by atoms with Gasteiger partial charge in [-0.1, -0.05) is 12.1 Å². The summed E-state index contributed by atoms with van der Waals surface area (Å²) in [4.78, 5) is 17.6. The van der Waals surface area contributed by atoms with Crippen molar-refractivity contribution in [3.8, 4) is 5.75 Å². The first-order valence-electron chi connectivity index (χ1n) is 7.01. The third kappa shape index (κ3) is 2.47. The van der Waals surface area contributed by atoms with E-state index in [0.717, 1.165) is 6.42 Å². The molecule has 1 fully saturated rings. The molecule has 0 bridgehead atoms. The Balaban J connectivity index is 1.78. The van der Waals surface area contributed by atoms with Crippen molar-refractivity contribution < 1.29 is 19.7 Å². The molecule has 0 aliphatic carbocycles. The summed E-state index contributed by atoms with van der Waals surface area (Å²) in [5.74, 6) is -0.214. The third-order valence-electron chi connectivity index (χ3n) is 4.29. The van der Waals surface area contributed by atoms with Gasteiger partial charge in [0, 0.05) is 6.04 Å². The molecule has 2 aliphatic heterocycles. The van der Waals surface area contributed by atoms with Gasteiger partial charge < -0.3 is 14.9 Å². The molecule has 2 aliphatic rings. The highest BCUT2D eigenvalue weighted by atomic mass is 16.5. The van der Waals surface area contributed by atoms with E-state index in [1.54, 1.807) is 18.2 Å². The molecule has 3 rings (SSSR count). The molecular weight excluding hydrogens is 272 g/mol. The summed E-state index contributed by atoms with van der Waals surface area (Å²) in [5, 5.41) is 19.0. The number of likely N-dealkylation sites (tertiary alicyclic amines) is 1. The van der Waals surface area contributed by atoms with Crippen LogP contribution in [0.2, 0.25) is 0 Å². The van der Waals surface area contributed by atoms with E-state index in [9.17, 15) is 9.90 Å². The van der Waals surface area contributed by atoms with Gasteiger partial charge in [0.05, 0.1) is 5.56 Å². The molecule has 21 heavy (non-hydrogen) atoms. The predicted octanol–water partition coefficient (Wildman–Crippen LogP) is 1.08. The van der Waals surface area contributed by atoms with Gasteiger partial charge in [-0.3, -0.25) is 9.69 Å². The van der Waals surface area contributed by atoms with Crippen LogP contribution < -0.4 is 0 Å². The zero-order chi connectivity index (χ0) is 15.0. The van der Waals surface area contributed by atoms with E-state index in [-0.39, 0.29) is 17.8 Å². The van der Waals surface area contributed by atoms with Gasteiger partial charge in [0.1, 0.15) is 24.4 Å². The number of likely N-dealkylation sites (N-methyl/N-ethyl adjacent to an activating group) is 1. The number of phenols is 1. The van der Waals surface area contributed by atoms with Crippen molar-refractivity contribution >= 4 is 11.9 Å². The van der Waals surface area contributed by atoms with Crippen LogP contribution in [0.4, 0.5) is 0 Å². The molecule has 6 nitrogen and oxygen atoms in total. The second-order valence-corrected chi connectivity index (χ2v) is 5.49. The molecule has 0 radical (unpaired) electrons. The molecule has 6 heteroatoms. The maximum atomic E-state index is 11.2. The summed E-state index contributed by atoms with van der Waals surface area (Å²) in [6.45, 7) is 0.422. The van der Waals surface area contributed by atoms with E-state index in [1.165, 1.54) is 0 Å². The second-order valence-electron chi connectivity index (χ2n) is 5.49. The number of phenolic OH excluding ortho intramolecular Hbond substituents is 1.